The van der Waals surface area contributed by atoms with Gasteiger partial charge in [0.05, 0.1) is 32.0 Å². The summed E-state index contributed by atoms with van der Waals surface area (Å²) in [5.74, 6) is 0. The van der Waals surface area contributed by atoms with Gasteiger partial charge in [-0.05, 0) is 54.9 Å². The van der Waals surface area contributed by atoms with E-state index in [-0.39, 0.29) is 12.2 Å². The first-order valence-corrected chi connectivity index (χ1v) is 10.2. The topological polar surface area (TPSA) is 74.3 Å². The molecule has 8 heteroatoms. The predicted octanol–water partition coefficient (Wildman–Crippen LogP) is 4.01. The van der Waals surface area contributed by atoms with Crippen molar-refractivity contribution in [2.24, 2.45) is 0 Å². The van der Waals surface area contributed by atoms with Crippen molar-refractivity contribution >= 4 is 13.7 Å². The summed E-state index contributed by atoms with van der Waals surface area (Å²) in [7, 11) is -3.15. The van der Waals surface area contributed by atoms with Gasteiger partial charge in [-0.1, -0.05) is 0 Å². The Morgan fingerprint density at radius 1 is 1.25 bits per heavy atom. The molecule has 142 valence electrons. The number of carbonyl (C=O) groups excluding carboxylic acids is 1. The lowest BCUT2D eigenvalue weighted by atomic mass is 10.1. The maximum atomic E-state index is 12.6. The minimum atomic E-state index is -3.15. The summed E-state index contributed by atoms with van der Waals surface area (Å²) in [6.45, 7) is 13.7. The van der Waals surface area contributed by atoms with Gasteiger partial charge in [-0.25, -0.2) is 4.79 Å². The first kappa shape index (κ1) is 21.4. The molecule has 0 N–H and O–H groups in total. The SMILES string of the molecule is CCOP(=O)(CC[C@@H]1COC(C)(C)N1C(=O)OC(C)(C)C)OCC. The number of carbonyl (C=O) groups is 1. The fourth-order valence-electron chi connectivity index (χ4n) is 2.64. The first-order valence-electron chi connectivity index (χ1n) is 8.48. The van der Waals surface area contributed by atoms with E-state index in [1.54, 1.807) is 18.7 Å². The molecule has 7 nitrogen and oxygen atoms in total. The fourth-order valence-corrected chi connectivity index (χ4v) is 4.38. The summed E-state index contributed by atoms with van der Waals surface area (Å²) >= 11 is 0. The Kier molecular flexibility index (Phi) is 7.29. The maximum Gasteiger partial charge on any atom is 0.412 e. The molecule has 0 spiro atoms. The second-order valence-electron chi connectivity index (χ2n) is 7.22. The summed E-state index contributed by atoms with van der Waals surface area (Å²) in [5.41, 5.74) is -1.36. The molecule has 1 rings (SSSR count). The van der Waals surface area contributed by atoms with Crippen molar-refractivity contribution in [3.63, 3.8) is 0 Å². The van der Waals surface area contributed by atoms with Crippen LogP contribution in [0.5, 0.6) is 0 Å². The Bertz CT molecular complexity index is 464. The lowest BCUT2D eigenvalue weighted by Gasteiger charge is -2.35. The second-order valence-corrected chi connectivity index (χ2v) is 9.41. The molecule has 1 amide bonds. The molecule has 1 fully saturated rings. The minimum absolute atomic E-state index is 0.232. The van der Waals surface area contributed by atoms with E-state index in [0.717, 1.165) is 0 Å². The third-order valence-corrected chi connectivity index (χ3v) is 5.66. The van der Waals surface area contributed by atoms with Crippen molar-refractivity contribution in [1.29, 1.82) is 0 Å². The largest absolute Gasteiger partial charge is 0.444 e. The summed E-state index contributed by atoms with van der Waals surface area (Å²) in [4.78, 5) is 14.1. The van der Waals surface area contributed by atoms with E-state index >= 15 is 0 Å². The summed E-state index contributed by atoms with van der Waals surface area (Å²) in [5, 5.41) is 0. The average Bonchev–Trinajstić information content (AvgIpc) is 2.70. The van der Waals surface area contributed by atoms with Crippen molar-refractivity contribution in [2.75, 3.05) is 26.0 Å². The Hall–Kier alpha value is -0.620. The highest BCUT2D eigenvalue weighted by atomic mass is 31.2. The molecular formula is C16H32NO6P. The van der Waals surface area contributed by atoms with Gasteiger partial charge in [-0.3, -0.25) is 9.46 Å². The van der Waals surface area contributed by atoms with Crippen LogP contribution in [0.2, 0.25) is 0 Å². The monoisotopic (exact) mass is 365 g/mol. The van der Waals surface area contributed by atoms with Crippen LogP contribution in [0.25, 0.3) is 0 Å². The van der Waals surface area contributed by atoms with Gasteiger partial charge in [0.25, 0.3) is 0 Å². The van der Waals surface area contributed by atoms with Crippen LogP contribution in [-0.4, -0.2) is 54.3 Å². The zero-order valence-electron chi connectivity index (χ0n) is 16.0. The molecule has 0 saturated carbocycles. The molecule has 0 bridgehead atoms. The van der Waals surface area contributed by atoms with Gasteiger partial charge >= 0.3 is 13.7 Å². The Morgan fingerprint density at radius 3 is 2.25 bits per heavy atom. The smallest absolute Gasteiger partial charge is 0.412 e. The van der Waals surface area contributed by atoms with Crippen LogP contribution in [-0.2, 0) is 23.1 Å². The highest BCUT2D eigenvalue weighted by Crippen LogP contribution is 2.49. The maximum absolute atomic E-state index is 12.6. The molecule has 0 aromatic carbocycles. The third kappa shape index (κ3) is 6.03. The Morgan fingerprint density at radius 2 is 1.79 bits per heavy atom. The molecule has 0 unspecified atom stereocenters. The van der Waals surface area contributed by atoms with E-state index in [9.17, 15) is 9.36 Å². The van der Waals surface area contributed by atoms with Gasteiger partial charge in [0.15, 0.2) is 0 Å². The number of rotatable bonds is 7. The van der Waals surface area contributed by atoms with Gasteiger partial charge in [0, 0.05) is 0 Å². The molecule has 1 atom stereocenters. The van der Waals surface area contributed by atoms with Crippen LogP contribution in [0.15, 0.2) is 0 Å². The van der Waals surface area contributed by atoms with E-state index in [1.165, 1.54) is 0 Å². The lowest BCUT2D eigenvalue weighted by molar-refractivity contribution is -0.0625. The van der Waals surface area contributed by atoms with E-state index in [2.05, 4.69) is 0 Å². The van der Waals surface area contributed by atoms with Crippen molar-refractivity contribution in [2.45, 2.75) is 72.3 Å². The van der Waals surface area contributed by atoms with Gasteiger partial charge in [-0.15, -0.1) is 0 Å². The number of nitrogens with zero attached hydrogens (tertiary/aromatic N) is 1. The van der Waals surface area contributed by atoms with E-state index in [1.807, 2.05) is 34.6 Å². The van der Waals surface area contributed by atoms with E-state index in [0.29, 0.717) is 26.2 Å². The number of hydrogen-bond donors (Lipinski definition) is 0. The van der Waals surface area contributed by atoms with Crippen molar-refractivity contribution in [1.82, 2.24) is 4.90 Å². The Balaban J connectivity index is 2.82. The predicted molar refractivity (Wildman–Crippen MR) is 92.2 cm³/mol. The molecule has 24 heavy (non-hydrogen) atoms. The summed E-state index contributed by atoms with van der Waals surface area (Å²) in [6, 6.07) is -0.232. The highest BCUT2D eigenvalue weighted by molar-refractivity contribution is 7.53. The zero-order valence-corrected chi connectivity index (χ0v) is 16.9. The third-order valence-electron chi connectivity index (χ3n) is 3.55. The molecular weight excluding hydrogens is 333 g/mol. The summed E-state index contributed by atoms with van der Waals surface area (Å²) < 4.78 is 34.5. The van der Waals surface area contributed by atoms with Crippen molar-refractivity contribution < 1.29 is 27.9 Å². The van der Waals surface area contributed by atoms with Crippen LogP contribution in [0.1, 0.15) is 54.9 Å². The molecule has 1 aliphatic rings. The average molecular weight is 365 g/mol. The lowest BCUT2D eigenvalue weighted by Crippen LogP contribution is -2.50. The first-order chi connectivity index (χ1) is 10.9. The molecule has 0 aromatic heterocycles. The van der Waals surface area contributed by atoms with Gasteiger partial charge in [-0.2, -0.15) is 0 Å². The standard InChI is InChI=1S/C16H32NO6P/c1-8-21-24(19,22-9-2)11-10-13-12-20-16(6,7)17(13)14(18)23-15(3,4)5/h13H,8-12H2,1-7H3/t13-/m1/s1. The van der Waals surface area contributed by atoms with Crippen LogP contribution >= 0.6 is 7.60 Å². The van der Waals surface area contributed by atoms with Gasteiger partial charge in [0.2, 0.25) is 0 Å². The minimum Gasteiger partial charge on any atom is -0.444 e. The molecule has 1 heterocycles. The number of ether oxygens (including phenoxy) is 2. The fraction of sp³-hybridized carbons (Fsp3) is 0.938. The quantitative estimate of drug-likeness (QED) is 0.635. The van der Waals surface area contributed by atoms with Gasteiger partial charge < -0.3 is 18.5 Å². The zero-order chi connectivity index (χ0) is 18.6. The molecule has 1 aliphatic heterocycles. The Labute approximate surface area is 145 Å². The number of amides is 1. The number of hydrogen-bond acceptors (Lipinski definition) is 6. The van der Waals surface area contributed by atoms with Gasteiger partial charge in [0.1, 0.15) is 11.3 Å². The molecule has 0 aromatic rings. The molecule has 0 radical (unpaired) electrons. The molecule has 0 aliphatic carbocycles. The van der Waals surface area contributed by atoms with Crippen LogP contribution < -0.4 is 0 Å². The van der Waals surface area contributed by atoms with E-state index in [4.69, 9.17) is 18.5 Å². The van der Waals surface area contributed by atoms with Crippen molar-refractivity contribution in [3.8, 4) is 0 Å². The van der Waals surface area contributed by atoms with E-state index < -0.39 is 25.0 Å². The van der Waals surface area contributed by atoms with Crippen LogP contribution in [0, 0.1) is 0 Å². The second kappa shape index (κ2) is 8.17. The molecule has 1 saturated heterocycles. The van der Waals surface area contributed by atoms with Crippen LogP contribution in [0.3, 0.4) is 0 Å². The summed E-state index contributed by atoms with van der Waals surface area (Å²) in [6.07, 6.45) is 0.260. The highest BCUT2D eigenvalue weighted by Gasteiger charge is 2.46. The normalized spacial score (nSPS) is 21.1. The van der Waals surface area contributed by atoms with Crippen molar-refractivity contribution in [3.05, 3.63) is 0 Å². The van der Waals surface area contributed by atoms with Crippen LogP contribution in [0.4, 0.5) is 4.79 Å².